The van der Waals surface area contributed by atoms with Crippen LogP contribution in [-0.4, -0.2) is 12.0 Å². The Morgan fingerprint density at radius 3 is 2.61 bits per heavy atom. The topological polar surface area (TPSA) is 9.23 Å². The number of hydrogen-bond acceptors (Lipinski definition) is 1. The van der Waals surface area contributed by atoms with E-state index in [9.17, 15) is 17.6 Å². The molecule has 18 heavy (non-hydrogen) atoms. The van der Waals surface area contributed by atoms with E-state index in [0.29, 0.717) is 0 Å². The Labute approximate surface area is 103 Å². The van der Waals surface area contributed by atoms with Crippen LogP contribution < -0.4 is 4.74 Å². The second kappa shape index (κ2) is 4.44. The molecule has 1 aliphatic rings. The van der Waals surface area contributed by atoms with Crippen molar-refractivity contribution in [1.82, 2.24) is 0 Å². The second-order valence-corrected chi connectivity index (χ2v) is 4.55. The molecule has 0 radical (unpaired) electrons. The van der Waals surface area contributed by atoms with Gasteiger partial charge in [0.05, 0.1) is 6.42 Å². The van der Waals surface area contributed by atoms with Crippen molar-refractivity contribution < 1.29 is 22.3 Å². The van der Waals surface area contributed by atoms with Crippen molar-refractivity contribution in [3.8, 4) is 5.75 Å². The van der Waals surface area contributed by atoms with Crippen LogP contribution in [0.3, 0.4) is 0 Å². The fraction of sp³-hybridized carbons (Fsp3) is 0.538. The third kappa shape index (κ3) is 2.31. The Kier molecular flexibility index (Phi) is 3.25. The number of benzene rings is 1. The van der Waals surface area contributed by atoms with E-state index in [0.717, 1.165) is 24.8 Å². The molecule has 0 fully saturated rings. The van der Waals surface area contributed by atoms with Crippen LogP contribution in [-0.2, 0) is 12.8 Å². The van der Waals surface area contributed by atoms with E-state index in [1.165, 1.54) is 12.1 Å². The molecular weight excluding hydrogens is 248 g/mol. The number of hydrogen-bond donors (Lipinski definition) is 0. The number of unbranched alkanes of at least 4 members (excludes halogenated alkanes) is 1. The van der Waals surface area contributed by atoms with E-state index in [-0.39, 0.29) is 11.3 Å². The highest BCUT2D eigenvalue weighted by Gasteiger charge is 2.61. The Morgan fingerprint density at radius 2 is 1.94 bits per heavy atom. The van der Waals surface area contributed by atoms with Gasteiger partial charge in [-0.2, -0.15) is 17.6 Å². The molecule has 1 aromatic carbocycles. The molecule has 0 bridgehead atoms. The van der Waals surface area contributed by atoms with Gasteiger partial charge in [-0.1, -0.05) is 25.5 Å². The molecule has 0 aromatic heterocycles. The van der Waals surface area contributed by atoms with Crippen molar-refractivity contribution in [3.05, 3.63) is 29.3 Å². The molecule has 1 heterocycles. The molecule has 1 nitrogen and oxygen atoms in total. The summed E-state index contributed by atoms with van der Waals surface area (Å²) in [5, 5.41) is 0. The molecule has 0 amide bonds. The highest BCUT2D eigenvalue weighted by atomic mass is 19.3. The number of alkyl halides is 4. The summed E-state index contributed by atoms with van der Waals surface area (Å²) in [6.07, 6.45) is -2.72. The maximum atomic E-state index is 13.2. The van der Waals surface area contributed by atoms with Crippen LogP contribution in [0, 0.1) is 0 Å². The number of ether oxygens (including phenoxy) is 1. The average molecular weight is 262 g/mol. The Bertz CT molecular complexity index is 443. The predicted octanol–water partition coefficient (Wildman–Crippen LogP) is 4.19. The summed E-state index contributed by atoms with van der Waals surface area (Å²) >= 11 is 0. The molecule has 0 N–H and O–H groups in total. The molecule has 100 valence electrons. The molecule has 0 spiro atoms. The lowest BCUT2D eigenvalue weighted by Crippen LogP contribution is -2.49. The summed E-state index contributed by atoms with van der Waals surface area (Å²) in [6.45, 7) is 2.02. The predicted molar refractivity (Wildman–Crippen MR) is 59.3 cm³/mol. The third-order valence-electron chi connectivity index (χ3n) is 3.02. The van der Waals surface area contributed by atoms with Gasteiger partial charge in [-0.25, -0.2) is 0 Å². The Balaban J connectivity index is 2.27. The van der Waals surface area contributed by atoms with Gasteiger partial charge in [-0.15, -0.1) is 0 Å². The van der Waals surface area contributed by atoms with Gasteiger partial charge < -0.3 is 4.74 Å². The number of fused-ring (bicyclic) bond motifs is 1. The molecule has 2 rings (SSSR count). The van der Waals surface area contributed by atoms with E-state index in [4.69, 9.17) is 0 Å². The minimum absolute atomic E-state index is 0.147. The fourth-order valence-electron chi connectivity index (χ4n) is 1.96. The molecular formula is C13H14F4O. The van der Waals surface area contributed by atoms with Crippen molar-refractivity contribution in [2.45, 2.75) is 44.6 Å². The molecule has 5 heteroatoms. The highest BCUT2D eigenvalue weighted by Crippen LogP contribution is 2.45. The quantitative estimate of drug-likeness (QED) is 0.742. The molecule has 0 unspecified atom stereocenters. The van der Waals surface area contributed by atoms with E-state index < -0.39 is 18.5 Å². The van der Waals surface area contributed by atoms with E-state index in [1.54, 1.807) is 6.07 Å². The third-order valence-corrected chi connectivity index (χ3v) is 3.02. The monoisotopic (exact) mass is 262 g/mol. The Hall–Kier alpha value is -1.26. The van der Waals surface area contributed by atoms with Gasteiger partial charge in [0, 0.05) is 5.56 Å². The molecule has 0 saturated carbocycles. The zero-order chi connectivity index (χ0) is 13.4. The lowest BCUT2D eigenvalue weighted by atomic mass is 9.98. The first kappa shape index (κ1) is 13.2. The lowest BCUT2D eigenvalue weighted by Gasteiger charge is -2.32. The van der Waals surface area contributed by atoms with Gasteiger partial charge in [0.2, 0.25) is 0 Å². The number of halogens is 4. The standard InChI is InChI=1S/C13H14F4O/c1-2-3-4-9-5-6-11-10(7-9)8-12(14,15)13(16,17)18-11/h5-7H,2-4,8H2,1H3. The fourth-order valence-corrected chi connectivity index (χ4v) is 1.96. The van der Waals surface area contributed by atoms with Gasteiger partial charge in [0.1, 0.15) is 5.75 Å². The van der Waals surface area contributed by atoms with Crippen molar-refractivity contribution in [2.24, 2.45) is 0 Å². The molecule has 0 atom stereocenters. The van der Waals surface area contributed by atoms with E-state index in [2.05, 4.69) is 4.74 Å². The largest absolute Gasteiger partial charge is 0.464 e. The number of aryl methyl sites for hydroxylation is 1. The van der Waals surface area contributed by atoms with Gasteiger partial charge >= 0.3 is 12.0 Å². The van der Waals surface area contributed by atoms with Crippen LogP contribution in [0.1, 0.15) is 30.9 Å². The maximum Gasteiger partial charge on any atom is 0.464 e. The first-order valence-corrected chi connectivity index (χ1v) is 5.92. The van der Waals surface area contributed by atoms with Crippen molar-refractivity contribution >= 4 is 0 Å². The second-order valence-electron chi connectivity index (χ2n) is 4.55. The van der Waals surface area contributed by atoms with Crippen molar-refractivity contribution in [1.29, 1.82) is 0 Å². The number of rotatable bonds is 3. The van der Waals surface area contributed by atoms with Crippen LogP contribution in [0.2, 0.25) is 0 Å². The normalized spacial score (nSPS) is 20.1. The summed E-state index contributed by atoms with van der Waals surface area (Å²) in [4.78, 5) is 0. The van der Waals surface area contributed by atoms with Gasteiger partial charge in [0.15, 0.2) is 0 Å². The lowest BCUT2D eigenvalue weighted by molar-refractivity contribution is -0.316. The SMILES string of the molecule is CCCCc1ccc2c(c1)CC(F)(F)C(F)(F)O2. The van der Waals surface area contributed by atoms with Crippen LogP contribution in [0.4, 0.5) is 17.6 Å². The first-order chi connectivity index (χ1) is 8.36. The molecule has 0 aliphatic carbocycles. The van der Waals surface area contributed by atoms with E-state index >= 15 is 0 Å². The molecule has 1 aliphatic heterocycles. The van der Waals surface area contributed by atoms with Gasteiger partial charge in [-0.05, 0) is 24.5 Å². The van der Waals surface area contributed by atoms with Crippen LogP contribution in [0.25, 0.3) is 0 Å². The van der Waals surface area contributed by atoms with Crippen LogP contribution >= 0.6 is 0 Å². The smallest absolute Gasteiger partial charge is 0.428 e. The summed E-state index contributed by atoms with van der Waals surface area (Å²) in [5.41, 5.74) is 1.03. The highest BCUT2D eigenvalue weighted by molar-refractivity contribution is 5.40. The summed E-state index contributed by atoms with van der Waals surface area (Å²) < 4.78 is 56.4. The molecule has 0 saturated heterocycles. The summed E-state index contributed by atoms with van der Waals surface area (Å²) in [6, 6.07) is 4.53. The molecule has 1 aromatic rings. The zero-order valence-corrected chi connectivity index (χ0v) is 9.98. The van der Waals surface area contributed by atoms with Gasteiger partial charge in [0.25, 0.3) is 0 Å². The first-order valence-electron chi connectivity index (χ1n) is 5.92. The Morgan fingerprint density at radius 1 is 1.22 bits per heavy atom. The summed E-state index contributed by atoms with van der Waals surface area (Å²) in [5.74, 6) is -4.30. The summed E-state index contributed by atoms with van der Waals surface area (Å²) in [7, 11) is 0. The maximum absolute atomic E-state index is 13.2. The minimum atomic E-state index is -4.43. The van der Waals surface area contributed by atoms with Crippen molar-refractivity contribution in [3.63, 3.8) is 0 Å². The van der Waals surface area contributed by atoms with Crippen LogP contribution in [0.15, 0.2) is 18.2 Å². The van der Waals surface area contributed by atoms with Crippen LogP contribution in [0.5, 0.6) is 5.75 Å². The van der Waals surface area contributed by atoms with Gasteiger partial charge in [-0.3, -0.25) is 0 Å². The minimum Gasteiger partial charge on any atom is -0.428 e. The van der Waals surface area contributed by atoms with Crippen molar-refractivity contribution in [2.75, 3.05) is 0 Å². The average Bonchev–Trinajstić information content (AvgIpc) is 2.27. The zero-order valence-electron chi connectivity index (χ0n) is 9.98. The van der Waals surface area contributed by atoms with E-state index in [1.807, 2.05) is 6.92 Å².